The Morgan fingerprint density at radius 2 is 1.44 bits per heavy atom. The molecule has 2 rings (SSSR count). The molecule has 0 bridgehead atoms. The average Bonchev–Trinajstić information content (AvgIpc) is 2.71. The molecule has 27 heavy (non-hydrogen) atoms. The fourth-order valence-electron chi connectivity index (χ4n) is 2.41. The van der Waals surface area contributed by atoms with E-state index in [1.165, 1.54) is 21.3 Å². The summed E-state index contributed by atoms with van der Waals surface area (Å²) in [5, 5.41) is 2.69. The molecule has 0 saturated carbocycles. The second-order valence-corrected chi connectivity index (χ2v) is 5.61. The number of amides is 1. The zero-order valence-corrected chi connectivity index (χ0v) is 15.4. The van der Waals surface area contributed by atoms with Crippen molar-refractivity contribution in [1.29, 1.82) is 0 Å². The Labute approximate surface area is 157 Å². The van der Waals surface area contributed by atoms with E-state index in [2.05, 4.69) is 10.1 Å². The highest BCUT2D eigenvalue weighted by atomic mass is 16.5. The fourth-order valence-corrected chi connectivity index (χ4v) is 2.41. The first-order chi connectivity index (χ1) is 13.0. The Balaban J connectivity index is 1.91. The average molecular weight is 371 g/mol. The summed E-state index contributed by atoms with van der Waals surface area (Å²) in [4.78, 5) is 35.7. The number of ketones is 1. The van der Waals surface area contributed by atoms with Crippen LogP contribution in [0.2, 0.25) is 0 Å². The fraction of sp³-hybridized carbons (Fsp3) is 0.250. The van der Waals surface area contributed by atoms with E-state index in [4.69, 9.17) is 9.47 Å². The van der Waals surface area contributed by atoms with E-state index in [0.29, 0.717) is 28.3 Å². The predicted molar refractivity (Wildman–Crippen MR) is 99.5 cm³/mol. The summed E-state index contributed by atoms with van der Waals surface area (Å²) < 4.78 is 14.9. The van der Waals surface area contributed by atoms with Gasteiger partial charge in [-0.05, 0) is 42.5 Å². The van der Waals surface area contributed by atoms with Crippen LogP contribution in [0.5, 0.6) is 11.5 Å². The number of anilines is 1. The van der Waals surface area contributed by atoms with Crippen molar-refractivity contribution >= 4 is 23.3 Å². The molecule has 0 aliphatic heterocycles. The highest BCUT2D eigenvalue weighted by Gasteiger charge is 2.13. The normalized spacial score (nSPS) is 10.0. The van der Waals surface area contributed by atoms with Gasteiger partial charge in [0.15, 0.2) is 17.3 Å². The van der Waals surface area contributed by atoms with E-state index < -0.39 is 5.97 Å². The van der Waals surface area contributed by atoms with Gasteiger partial charge in [0.1, 0.15) is 0 Å². The van der Waals surface area contributed by atoms with Crippen LogP contribution in [0.1, 0.15) is 33.6 Å². The van der Waals surface area contributed by atoms with Gasteiger partial charge in [0, 0.05) is 24.1 Å². The summed E-state index contributed by atoms with van der Waals surface area (Å²) in [5.41, 5.74) is 1.37. The van der Waals surface area contributed by atoms with E-state index >= 15 is 0 Å². The molecule has 0 atom stereocenters. The van der Waals surface area contributed by atoms with Crippen LogP contribution in [0.3, 0.4) is 0 Å². The van der Waals surface area contributed by atoms with E-state index in [1.54, 1.807) is 42.5 Å². The van der Waals surface area contributed by atoms with Crippen molar-refractivity contribution in [2.75, 3.05) is 26.6 Å². The maximum Gasteiger partial charge on any atom is 0.337 e. The van der Waals surface area contributed by atoms with Crippen LogP contribution in [0.4, 0.5) is 5.69 Å². The lowest BCUT2D eigenvalue weighted by atomic mass is 10.1. The summed E-state index contributed by atoms with van der Waals surface area (Å²) in [6.45, 7) is 0. The zero-order chi connectivity index (χ0) is 19.8. The lowest BCUT2D eigenvalue weighted by Gasteiger charge is -2.09. The van der Waals surface area contributed by atoms with Crippen molar-refractivity contribution in [3.05, 3.63) is 53.6 Å². The van der Waals surface area contributed by atoms with Crippen molar-refractivity contribution in [2.45, 2.75) is 12.8 Å². The smallest absolute Gasteiger partial charge is 0.337 e. The maximum absolute atomic E-state index is 12.3. The highest BCUT2D eigenvalue weighted by molar-refractivity contribution is 6.00. The highest BCUT2D eigenvalue weighted by Crippen LogP contribution is 2.28. The van der Waals surface area contributed by atoms with Crippen molar-refractivity contribution in [1.82, 2.24) is 0 Å². The molecular formula is C20H21NO6. The molecule has 0 saturated heterocycles. The van der Waals surface area contributed by atoms with Crippen LogP contribution < -0.4 is 14.8 Å². The summed E-state index contributed by atoms with van der Waals surface area (Å²) >= 11 is 0. The minimum atomic E-state index is -0.451. The number of carbonyl (C=O) groups is 3. The lowest BCUT2D eigenvalue weighted by molar-refractivity contribution is -0.116. The number of methoxy groups -OCH3 is 3. The van der Waals surface area contributed by atoms with Gasteiger partial charge in [0.25, 0.3) is 0 Å². The van der Waals surface area contributed by atoms with Crippen molar-refractivity contribution < 1.29 is 28.6 Å². The predicted octanol–water partition coefficient (Wildman–Crippen LogP) is 3.09. The van der Waals surface area contributed by atoms with Crippen LogP contribution in [0.15, 0.2) is 42.5 Å². The van der Waals surface area contributed by atoms with Crippen LogP contribution in [-0.2, 0) is 9.53 Å². The molecule has 0 radical (unpaired) electrons. The minimum Gasteiger partial charge on any atom is -0.493 e. The van der Waals surface area contributed by atoms with Gasteiger partial charge in [-0.2, -0.15) is 0 Å². The van der Waals surface area contributed by atoms with Gasteiger partial charge in [0.05, 0.1) is 26.9 Å². The largest absolute Gasteiger partial charge is 0.493 e. The molecule has 7 heteroatoms. The third kappa shape index (κ3) is 5.31. The molecular weight excluding hydrogens is 350 g/mol. The Morgan fingerprint density at radius 1 is 0.815 bits per heavy atom. The van der Waals surface area contributed by atoms with Crippen LogP contribution >= 0.6 is 0 Å². The number of nitrogens with one attached hydrogen (secondary N) is 1. The molecule has 7 nitrogen and oxygen atoms in total. The molecule has 1 N–H and O–H groups in total. The number of Topliss-reactive ketones (excluding diaryl/α,β-unsaturated/α-hetero) is 1. The molecule has 0 heterocycles. The Hall–Kier alpha value is -3.35. The summed E-state index contributed by atoms with van der Waals surface area (Å²) in [6.07, 6.45) is 0.0908. The molecule has 0 aromatic heterocycles. The SMILES string of the molecule is COC(=O)c1ccc(NC(=O)CCC(=O)c2ccc(OC)c(OC)c2)cc1. The van der Waals surface area contributed by atoms with E-state index in [1.807, 2.05) is 0 Å². The van der Waals surface area contributed by atoms with E-state index in [-0.39, 0.29) is 24.5 Å². The maximum atomic E-state index is 12.3. The standard InChI is InChI=1S/C20H21NO6/c1-25-17-10-6-14(12-18(17)26-2)16(22)9-11-19(23)21-15-7-4-13(5-8-15)20(24)27-3/h4-8,10,12H,9,11H2,1-3H3,(H,21,23). The van der Waals surface area contributed by atoms with Crippen molar-refractivity contribution in [2.24, 2.45) is 0 Å². The number of hydrogen-bond acceptors (Lipinski definition) is 6. The Kier molecular flexibility index (Phi) is 6.93. The van der Waals surface area contributed by atoms with Crippen LogP contribution in [0, 0.1) is 0 Å². The van der Waals surface area contributed by atoms with Gasteiger partial charge in [0.2, 0.25) is 5.91 Å². The van der Waals surface area contributed by atoms with Crippen LogP contribution in [-0.4, -0.2) is 39.0 Å². The van der Waals surface area contributed by atoms with Gasteiger partial charge in [-0.1, -0.05) is 0 Å². The third-order valence-corrected chi connectivity index (χ3v) is 3.87. The first kappa shape index (κ1) is 20.0. The second kappa shape index (κ2) is 9.38. The Morgan fingerprint density at radius 3 is 2.04 bits per heavy atom. The molecule has 0 aliphatic carbocycles. The van der Waals surface area contributed by atoms with E-state index in [0.717, 1.165) is 0 Å². The molecule has 0 unspecified atom stereocenters. The summed E-state index contributed by atoms with van der Waals surface area (Å²) in [5.74, 6) is 0.0656. The zero-order valence-electron chi connectivity index (χ0n) is 15.4. The van der Waals surface area contributed by atoms with Crippen LogP contribution in [0.25, 0.3) is 0 Å². The van der Waals surface area contributed by atoms with Gasteiger partial charge < -0.3 is 19.5 Å². The first-order valence-corrected chi connectivity index (χ1v) is 8.22. The topological polar surface area (TPSA) is 90.9 Å². The van der Waals surface area contributed by atoms with Gasteiger partial charge >= 0.3 is 5.97 Å². The number of rotatable bonds is 8. The number of carbonyl (C=O) groups excluding carboxylic acids is 3. The monoisotopic (exact) mass is 371 g/mol. The number of hydrogen-bond donors (Lipinski definition) is 1. The van der Waals surface area contributed by atoms with Crippen molar-refractivity contribution in [3.63, 3.8) is 0 Å². The van der Waals surface area contributed by atoms with Gasteiger partial charge in [-0.15, -0.1) is 0 Å². The molecule has 142 valence electrons. The van der Waals surface area contributed by atoms with E-state index in [9.17, 15) is 14.4 Å². The van der Waals surface area contributed by atoms with Gasteiger partial charge in [-0.3, -0.25) is 9.59 Å². The first-order valence-electron chi connectivity index (χ1n) is 8.22. The molecule has 2 aromatic carbocycles. The minimum absolute atomic E-state index is 0.0337. The van der Waals surface area contributed by atoms with Crippen molar-refractivity contribution in [3.8, 4) is 11.5 Å². The van der Waals surface area contributed by atoms with Gasteiger partial charge in [-0.25, -0.2) is 4.79 Å². The number of esters is 1. The summed E-state index contributed by atoms with van der Waals surface area (Å²) in [7, 11) is 4.31. The quantitative estimate of drug-likeness (QED) is 0.566. The molecule has 2 aromatic rings. The molecule has 0 aliphatic rings. The summed E-state index contributed by atoms with van der Waals surface area (Å²) in [6, 6.07) is 11.2. The molecule has 0 spiro atoms. The second-order valence-electron chi connectivity index (χ2n) is 5.61. The molecule has 0 fully saturated rings. The molecule has 1 amide bonds. The lowest BCUT2D eigenvalue weighted by Crippen LogP contribution is -2.13. The third-order valence-electron chi connectivity index (χ3n) is 3.87. The Bertz CT molecular complexity index is 829. The number of ether oxygens (including phenoxy) is 3. The number of benzene rings is 2.